The van der Waals surface area contributed by atoms with Crippen LogP contribution in [0.3, 0.4) is 0 Å². The summed E-state index contributed by atoms with van der Waals surface area (Å²) in [6.07, 6.45) is -4.53. The molecule has 1 N–H and O–H groups in total. The van der Waals surface area contributed by atoms with Gasteiger partial charge in [0.2, 0.25) is 0 Å². The molecular weight excluding hydrogens is 395 g/mol. The number of alkyl halides is 3. The van der Waals surface area contributed by atoms with E-state index in [0.717, 1.165) is 29.5 Å². The first kappa shape index (κ1) is 19.3. The van der Waals surface area contributed by atoms with Crippen LogP contribution in [-0.2, 0) is 6.18 Å². The van der Waals surface area contributed by atoms with Crippen molar-refractivity contribution in [3.8, 4) is 6.07 Å². The van der Waals surface area contributed by atoms with Crippen LogP contribution in [0, 0.1) is 28.4 Å². The summed E-state index contributed by atoms with van der Waals surface area (Å²) in [5.41, 5.74) is -0.958. The number of hydrogen-bond acceptors (Lipinski definition) is 6. The molecule has 142 valence electrons. The fourth-order valence-corrected chi connectivity index (χ4v) is 3.45. The number of nitro groups is 1. The third-order valence-corrected chi connectivity index (χ3v) is 5.01. The average Bonchev–Trinajstić information content (AvgIpc) is 3.04. The Labute approximate surface area is 160 Å². The number of rotatable bonds is 3. The quantitative estimate of drug-likeness (QED) is 0.269. The van der Waals surface area contributed by atoms with Crippen LogP contribution < -0.4 is 0 Å². The van der Waals surface area contributed by atoms with E-state index < -0.39 is 22.4 Å². The third kappa shape index (κ3) is 3.52. The first-order chi connectivity index (χ1) is 13.1. The fraction of sp³-hybridized carbons (Fsp3) is 0.111. The minimum Gasteiger partial charge on any atom is -0.506 e. The molecule has 2 aromatic carbocycles. The molecule has 0 aliphatic heterocycles. The lowest BCUT2D eigenvalue weighted by molar-refractivity contribution is -0.385. The Kier molecular flexibility index (Phi) is 4.79. The van der Waals surface area contributed by atoms with Crippen molar-refractivity contribution in [3.63, 3.8) is 0 Å². The van der Waals surface area contributed by atoms with Gasteiger partial charge in [0.25, 0.3) is 5.69 Å². The van der Waals surface area contributed by atoms with Crippen LogP contribution in [0.15, 0.2) is 36.4 Å². The van der Waals surface area contributed by atoms with Crippen LogP contribution in [0.1, 0.15) is 21.7 Å². The number of nitriles is 1. The van der Waals surface area contributed by atoms with E-state index in [1.54, 1.807) is 6.07 Å². The predicted octanol–water partition coefficient (Wildman–Crippen LogP) is 5.48. The Balaban J connectivity index is 2.14. The Hall–Kier alpha value is -3.45. The number of halogens is 3. The lowest BCUT2D eigenvalue weighted by Gasteiger charge is -2.05. The molecule has 0 aliphatic rings. The van der Waals surface area contributed by atoms with E-state index in [2.05, 4.69) is 4.98 Å². The molecule has 0 amide bonds. The molecule has 10 heteroatoms. The van der Waals surface area contributed by atoms with Crippen molar-refractivity contribution < 1.29 is 23.2 Å². The van der Waals surface area contributed by atoms with Gasteiger partial charge in [-0.1, -0.05) is 12.1 Å². The van der Waals surface area contributed by atoms with Crippen molar-refractivity contribution in [1.82, 2.24) is 4.98 Å². The van der Waals surface area contributed by atoms with Gasteiger partial charge >= 0.3 is 6.18 Å². The second kappa shape index (κ2) is 6.94. The highest BCUT2D eigenvalue weighted by Gasteiger charge is 2.31. The number of thiazole rings is 1. The van der Waals surface area contributed by atoms with Crippen LogP contribution in [0.2, 0.25) is 0 Å². The van der Waals surface area contributed by atoms with E-state index in [1.165, 1.54) is 25.1 Å². The van der Waals surface area contributed by atoms with Crippen molar-refractivity contribution in [2.45, 2.75) is 13.1 Å². The first-order valence-electron chi connectivity index (χ1n) is 7.68. The molecule has 1 aromatic heterocycles. The van der Waals surface area contributed by atoms with Gasteiger partial charge in [0, 0.05) is 17.2 Å². The van der Waals surface area contributed by atoms with Gasteiger partial charge in [-0.2, -0.15) is 18.4 Å². The zero-order valence-corrected chi connectivity index (χ0v) is 14.9. The fourth-order valence-electron chi connectivity index (χ4n) is 2.51. The van der Waals surface area contributed by atoms with Gasteiger partial charge in [-0.15, -0.1) is 11.3 Å². The number of aliphatic hydroxyl groups excluding tert-OH is 1. The molecule has 0 bridgehead atoms. The number of nitrogens with zero attached hydrogens (tertiary/aromatic N) is 3. The van der Waals surface area contributed by atoms with Crippen molar-refractivity contribution in [1.29, 1.82) is 5.26 Å². The van der Waals surface area contributed by atoms with Gasteiger partial charge in [-0.05, 0) is 25.1 Å². The number of nitro benzene ring substituents is 1. The molecule has 6 nitrogen and oxygen atoms in total. The van der Waals surface area contributed by atoms with Crippen LogP contribution in [0.5, 0.6) is 0 Å². The summed E-state index contributed by atoms with van der Waals surface area (Å²) < 4.78 is 39.0. The van der Waals surface area contributed by atoms with Gasteiger partial charge in [0.15, 0.2) is 0 Å². The molecule has 1 heterocycles. The topological polar surface area (TPSA) is 100 Å². The number of benzene rings is 2. The molecule has 3 rings (SSSR count). The molecule has 28 heavy (non-hydrogen) atoms. The summed E-state index contributed by atoms with van der Waals surface area (Å²) in [4.78, 5) is 14.5. The number of allylic oxidation sites excluding steroid dienone is 1. The molecule has 0 atom stereocenters. The Morgan fingerprint density at radius 3 is 2.61 bits per heavy atom. The predicted molar refractivity (Wildman–Crippen MR) is 97.5 cm³/mol. The molecule has 0 radical (unpaired) electrons. The second-order valence-electron chi connectivity index (χ2n) is 5.79. The zero-order valence-electron chi connectivity index (χ0n) is 14.1. The summed E-state index contributed by atoms with van der Waals surface area (Å²) >= 11 is 0.933. The smallest absolute Gasteiger partial charge is 0.416 e. The SMILES string of the molecule is Cc1ccc(/C(O)=C(\C#N)c2nc3cc(C(F)(F)F)ccc3s2)cc1[N+](=O)[O-]. The highest BCUT2D eigenvalue weighted by Crippen LogP contribution is 2.36. The largest absolute Gasteiger partial charge is 0.506 e. The number of hydrogen-bond donors (Lipinski definition) is 1. The van der Waals surface area contributed by atoms with Crippen molar-refractivity contribution in [2.75, 3.05) is 0 Å². The van der Waals surface area contributed by atoms with Gasteiger partial charge in [0.05, 0.1) is 20.7 Å². The summed E-state index contributed by atoms with van der Waals surface area (Å²) in [5, 5.41) is 31.0. The molecule has 0 fully saturated rings. The second-order valence-corrected chi connectivity index (χ2v) is 6.82. The highest BCUT2D eigenvalue weighted by atomic mass is 32.1. The molecule has 0 unspecified atom stereocenters. The number of aryl methyl sites for hydroxylation is 1. The minimum atomic E-state index is -4.53. The molecule has 0 aliphatic carbocycles. The van der Waals surface area contributed by atoms with Gasteiger partial charge < -0.3 is 5.11 Å². The van der Waals surface area contributed by atoms with E-state index in [0.29, 0.717) is 10.3 Å². The monoisotopic (exact) mass is 405 g/mol. The Bertz CT molecular complexity index is 1180. The Morgan fingerprint density at radius 1 is 1.29 bits per heavy atom. The lowest BCUT2D eigenvalue weighted by atomic mass is 10.1. The zero-order chi connectivity index (χ0) is 20.6. The van der Waals surface area contributed by atoms with Crippen molar-refractivity contribution in [3.05, 3.63) is 68.2 Å². The Morgan fingerprint density at radius 2 is 2.00 bits per heavy atom. The minimum absolute atomic E-state index is 0.0116. The maximum Gasteiger partial charge on any atom is 0.416 e. The summed E-state index contributed by atoms with van der Waals surface area (Å²) in [6.45, 7) is 1.53. The normalized spacial score (nSPS) is 12.5. The maximum absolute atomic E-state index is 12.9. The number of aromatic nitrogens is 1. The van der Waals surface area contributed by atoms with E-state index in [9.17, 15) is 33.7 Å². The van der Waals surface area contributed by atoms with Crippen molar-refractivity contribution >= 4 is 38.6 Å². The lowest BCUT2D eigenvalue weighted by Crippen LogP contribution is -2.03. The molecular formula is C18H10F3N3O3S. The van der Waals surface area contributed by atoms with Gasteiger partial charge in [-0.3, -0.25) is 10.1 Å². The third-order valence-electron chi connectivity index (χ3n) is 3.96. The standard InChI is InChI=1S/C18H10F3N3O3S/c1-9-2-3-10(6-14(9)24(26)27)16(25)12(8-22)17-23-13-7-11(18(19,20)21)4-5-15(13)28-17/h2-7,25H,1H3/b16-12-. The van der Waals surface area contributed by atoms with E-state index >= 15 is 0 Å². The van der Waals surface area contributed by atoms with Crippen LogP contribution in [-0.4, -0.2) is 15.0 Å². The van der Waals surface area contributed by atoms with Gasteiger partial charge in [0.1, 0.15) is 22.4 Å². The number of aliphatic hydroxyl groups is 1. The van der Waals surface area contributed by atoms with Crippen LogP contribution in [0.25, 0.3) is 21.5 Å². The van der Waals surface area contributed by atoms with Crippen LogP contribution in [0.4, 0.5) is 18.9 Å². The summed E-state index contributed by atoms with van der Waals surface area (Å²) in [6, 6.07) is 8.73. The summed E-state index contributed by atoms with van der Waals surface area (Å²) in [7, 11) is 0. The highest BCUT2D eigenvalue weighted by molar-refractivity contribution is 7.19. The molecule has 3 aromatic rings. The maximum atomic E-state index is 12.9. The molecule has 0 saturated heterocycles. The van der Waals surface area contributed by atoms with Gasteiger partial charge in [-0.25, -0.2) is 4.98 Å². The van der Waals surface area contributed by atoms with E-state index in [-0.39, 0.29) is 27.3 Å². The van der Waals surface area contributed by atoms with E-state index in [1.807, 2.05) is 0 Å². The van der Waals surface area contributed by atoms with Crippen LogP contribution >= 0.6 is 11.3 Å². The van der Waals surface area contributed by atoms with Crippen molar-refractivity contribution in [2.24, 2.45) is 0 Å². The van der Waals surface area contributed by atoms with E-state index in [4.69, 9.17) is 0 Å². The summed E-state index contributed by atoms with van der Waals surface area (Å²) in [5.74, 6) is -0.541. The molecule has 0 spiro atoms. The average molecular weight is 405 g/mol. The first-order valence-corrected chi connectivity index (χ1v) is 8.50. The molecule has 0 saturated carbocycles. The number of fused-ring (bicyclic) bond motifs is 1.